The number of pyridine rings is 1. The van der Waals surface area contributed by atoms with E-state index < -0.39 is 23.3 Å². The molecule has 0 aliphatic carbocycles. The number of carboxylic acids is 1. The average Bonchev–Trinajstić information content (AvgIpc) is 2.74. The summed E-state index contributed by atoms with van der Waals surface area (Å²) >= 11 is 0. The number of carboxylic acid groups (broad SMARTS) is 1. The van der Waals surface area contributed by atoms with E-state index >= 15 is 0 Å². The Morgan fingerprint density at radius 3 is 2.21 bits per heavy atom. The first-order valence-electron chi connectivity index (χ1n) is 10.2. The summed E-state index contributed by atoms with van der Waals surface area (Å²) in [6, 6.07) is 13.6. The van der Waals surface area contributed by atoms with Crippen molar-refractivity contribution >= 4 is 5.97 Å². The Kier molecular flexibility index (Phi) is 6.67. The number of nitrogens with zero attached hydrogens (tertiary/aromatic N) is 1. The number of aliphatic carboxylic acids is 1. The molecule has 1 N–H and O–H groups in total. The van der Waals surface area contributed by atoms with Gasteiger partial charge in [0.2, 0.25) is 0 Å². The van der Waals surface area contributed by atoms with E-state index in [1.54, 1.807) is 31.2 Å². The maximum atomic E-state index is 12.8. The predicted octanol–water partition coefficient (Wildman–Crippen LogP) is 6.21. The summed E-state index contributed by atoms with van der Waals surface area (Å²) in [6.07, 6.45) is -4.38. The van der Waals surface area contributed by atoms with E-state index in [9.17, 15) is 23.1 Å². The van der Waals surface area contributed by atoms with E-state index in [2.05, 4.69) is 4.98 Å². The second-order valence-corrected chi connectivity index (χ2v) is 8.15. The molecular weight excluding hydrogens is 435 g/mol. The lowest BCUT2D eigenvalue weighted by Crippen LogP contribution is -2.38. The van der Waals surface area contributed by atoms with Gasteiger partial charge in [0, 0.05) is 16.8 Å². The van der Waals surface area contributed by atoms with Gasteiger partial charge in [-0.05, 0) is 69.7 Å². The van der Waals surface area contributed by atoms with E-state index in [1.165, 1.54) is 26.0 Å². The Labute approximate surface area is 189 Å². The minimum Gasteiger partial charge on any atom is -0.489 e. The van der Waals surface area contributed by atoms with Crippen molar-refractivity contribution in [3.63, 3.8) is 0 Å². The molecule has 0 unspecified atom stereocenters. The Hall–Kier alpha value is -3.55. The van der Waals surface area contributed by atoms with Crippen LogP contribution in [0.15, 0.2) is 54.6 Å². The molecule has 3 aromatic rings. The molecule has 3 rings (SSSR count). The van der Waals surface area contributed by atoms with E-state index in [4.69, 9.17) is 9.47 Å². The van der Waals surface area contributed by atoms with Crippen molar-refractivity contribution in [2.24, 2.45) is 0 Å². The zero-order valence-electron chi connectivity index (χ0n) is 18.7. The van der Waals surface area contributed by atoms with E-state index in [0.717, 1.165) is 23.3 Å². The zero-order chi connectivity index (χ0) is 24.4. The van der Waals surface area contributed by atoms with Crippen LogP contribution in [0.3, 0.4) is 0 Å². The van der Waals surface area contributed by atoms with Crippen LogP contribution >= 0.6 is 0 Å². The molecule has 0 aliphatic heterocycles. The van der Waals surface area contributed by atoms with Crippen LogP contribution in [0.25, 0.3) is 11.3 Å². The monoisotopic (exact) mass is 459 g/mol. The highest BCUT2D eigenvalue weighted by Crippen LogP contribution is 2.31. The Balaban J connectivity index is 1.69. The number of halogens is 3. The fourth-order valence-corrected chi connectivity index (χ4v) is 3.04. The van der Waals surface area contributed by atoms with E-state index in [0.29, 0.717) is 28.5 Å². The number of rotatable bonds is 7. The first-order valence-corrected chi connectivity index (χ1v) is 10.2. The van der Waals surface area contributed by atoms with Crippen LogP contribution in [0.5, 0.6) is 11.5 Å². The van der Waals surface area contributed by atoms with Crippen LogP contribution in [0.2, 0.25) is 0 Å². The smallest absolute Gasteiger partial charge is 0.416 e. The van der Waals surface area contributed by atoms with Crippen molar-refractivity contribution in [2.45, 2.75) is 46.1 Å². The lowest BCUT2D eigenvalue weighted by molar-refractivity contribution is -0.152. The molecule has 0 atom stereocenters. The van der Waals surface area contributed by atoms with Gasteiger partial charge in [-0.2, -0.15) is 13.2 Å². The van der Waals surface area contributed by atoms with Crippen LogP contribution in [0.4, 0.5) is 13.2 Å². The molecule has 174 valence electrons. The molecule has 0 fully saturated rings. The number of hydrogen-bond acceptors (Lipinski definition) is 4. The van der Waals surface area contributed by atoms with Crippen LogP contribution in [-0.2, 0) is 17.6 Å². The summed E-state index contributed by atoms with van der Waals surface area (Å²) in [5.41, 5.74) is 1.37. The van der Waals surface area contributed by atoms with Gasteiger partial charge in [-0.3, -0.25) is 4.98 Å². The third-order valence-corrected chi connectivity index (χ3v) is 5.12. The van der Waals surface area contributed by atoms with Gasteiger partial charge < -0.3 is 14.6 Å². The molecule has 5 nitrogen and oxygen atoms in total. The molecular formula is C25H24F3NO4. The highest BCUT2D eigenvalue weighted by molar-refractivity contribution is 5.76. The van der Waals surface area contributed by atoms with Crippen molar-refractivity contribution < 1.29 is 32.5 Å². The lowest BCUT2D eigenvalue weighted by atomic mass is 10.1. The molecule has 0 spiro atoms. The van der Waals surface area contributed by atoms with Gasteiger partial charge in [0.1, 0.15) is 18.1 Å². The molecule has 0 bridgehead atoms. The van der Waals surface area contributed by atoms with Crippen molar-refractivity contribution in [3.05, 3.63) is 77.0 Å². The second-order valence-electron chi connectivity index (χ2n) is 8.15. The zero-order valence-corrected chi connectivity index (χ0v) is 18.7. The number of hydrogen-bond donors (Lipinski definition) is 1. The Morgan fingerprint density at radius 1 is 1.00 bits per heavy atom. The van der Waals surface area contributed by atoms with Gasteiger partial charge >= 0.3 is 12.1 Å². The number of aromatic nitrogens is 1. The molecule has 33 heavy (non-hydrogen) atoms. The van der Waals surface area contributed by atoms with Crippen LogP contribution in [0, 0.1) is 13.8 Å². The topological polar surface area (TPSA) is 68.7 Å². The summed E-state index contributed by atoms with van der Waals surface area (Å²) < 4.78 is 49.7. The van der Waals surface area contributed by atoms with Gasteiger partial charge in [-0.15, -0.1) is 0 Å². The third kappa shape index (κ3) is 5.83. The molecule has 0 amide bonds. The molecule has 0 aliphatic rings. The average molecular weight is 459 g/mol. The van der Waals surface area contributed by atoms with Crippen LogP contribution in [-0.4, -0.2) is 21.7 Å². The van der Waals surface area contributed by atoms with Crippen molar-refractivity contribution in [1.82, 2.24) is 4.98 Å². The largest absolute Gasteiger partial charge is 0.489 e. The van der Waals surface area contributed by atoms with Gasteiger partial charge in [-0.1, -0.05) is 18.2 Å². The lowest BCUT2D eigenvalue weighted by Gasteiger charge is -2.23. The number of alkyl halides is 3. The highest BCUT2D eigenvalue weighted by Gasteiger charge is 2.30. The maximum Gasteiger partial charge on any atom is 0.416 e. The maximum absolute atomic E-state index is 12.8. The second kappa shape index (κ2) is 9.13. The fraction of sp³-hybridized carbons (Fsp3) is 0.280. The molecule has 1 aromatic heterocycles. The normalized spacial score (nSPS) is 11.8. The number of carbonyl (C=O) groups is 1. The van der Waals surface area contributed by atoms with Crippen molar-refractivity contribution in [3.8, 4) is 22.8 Å². The summed E-state index contributed by atoms with van der Waals surface area (Å²) in [7, 11) is 0. The van der Waals surface area contributed by atoms with Crippen molar-refractivity contribution in [2.75, 3.05) is 0 Å². The van der Waals surface area contributed by atoms with Gasteiger partial charge in [0.05, 0.1) is 11.3 Å². The third-order valence-electron chi connectivity index (χ3n) is 5.12. The molecule has 0 saturated carbocycles. The fourth-order valence-electron chi connectivity index (χ4n) is 3.04. The summed E-state index contributed by atoms with van der Waals surface area (Å²) in [5, 5.41) is 9.22. The molecule has 0 saturated heterocycles. The van der Waals surface area contributed by atoms with Gasteiger partial charge in [0.15, 0.2) is 5.60 Å². The minimum atomic E-state index is -4.38. The molecule has 1 heterocycles. The van der Waals surface area contributed by atoms with Gasteiger partial charge in [0.25, 0.3) is 0 Å². The van der Waals surface area contributed by atoms with Crippen LogP contribution in [0.1, 0.15) is 36.2 Å². The summed E-state index contributed by atoms with van der Waals surface area (Å²) in [6.45, 7) is 6.80. The quantitative estimate of drug-likeness (QED) is 0.455. The molecule has 0 radical (unpaired) electrons. The summed E-state index contributed by atoms with van der Waals surface area (Å²) in [5.74, 6) is -0.0300. The SMILES string of the molecule is Cc1cc(OCc2ccc(-c3ccc(C(F)(F)F)cc3)nc2C)ccc1OC(C)(C)C(=O)O. The standard InChI is InChI=1S/C25H24F3NO4/c1-15-13-20(10-12-22(15)33-24(3,4)23(30)31)32-14-18-7-11-21(29-16(18)2)17-5-8-19(9-6-17)25(26,27)28/h5-13H,14H2,1-4H3,(H,30,31). The number of ether oxygens (including phenoxy) is 2. The first-order chi connectivity index (χ1) is 15.4. The highest BCUT2D eigenvalue weighted by atomic mass is 19.4. The Bertz CT molecular complexity index is 1160. The molecule has 2 aromatic carbocycles. The number of benzene rings is 2. The van der Waals surface area contributed by atoms with Crippen molar-refractivity contribution in [1.29, 1.82) is 0 Å². The first kappa shape index (κ1) is 24.1. The molecule has 8 heteroatoms. The summed E-state index contributed by atoms with van der Waals surface area (Å²) in [4.78, 5) is 15.8. The number of aryl methyl sites for hydroxylation is 2. The Morgan fingerprint density at radius 2 is 1.67 bits per heavy atom. The van der Waals surface area contributed by atoms with Gasteiger partial charge in [-0.25, -0.2) is 4.79 Å². The van der Waals surface area contributed by atoms with E-state index in [-0.39, 0.29) is 6.61 Å². The minimum absolute atomic E-state index is 0.242. The van der Waals surface area contributed by atoms with E-state index in [1.807, 2.05) is 13.0 Å². The predicted molar refractivity (Wildman–Crippen MR) is 117 cm³/mol. The van der Waals surface area contributed by atoms with Crippen LogP contribution < -0.4 is 9.47 Å².